The van der Waals surface area contributed by atoms with E-state index in [-0.39, 0.29) is 24.3 Å². The number of aliphatic hydroxyl groups is 1. The maximum Gasteiger partial charge on any atom is 0.287 e. The largest absolute Gasteiger partial charge is 0.390 e. The number of amides is 1. The van der Waals surface area contributed by atoms with E-state index >= 15 is 0 Å². The number of carbonyl (C=O) groups is 1. The van der Waals surface area contributed by atoms with Gasteiger partial charge in [0.05, 0.1) is 18.8 Å². The maximum atomic E-state index is 11.7. The fourth-order valence-corrected chi connectivity index (χ4v) is 3.26. The Morgan fingerprint density at radius 1 is 1.32 bits per heavy atom. The molecule has 0 spiro atoms. The number of hydrogen-bond acceptors (Lipinski definition) is 6. The summed E-state index contributed by atoms with van der Waals surface area (Å²) in [5.41, 5.74) is 8.31. The topological polar surface area (TPSA) is 120 Å². The monoisotopic (exact) mass is 339 g/mol. The molecule has 1 amide bonds. The molecule has 128 valence electrons. The molecule has 4 rings (SSSR count). The first-order valence-electron chi connectivity index (χ1n) is 8.03. The van der Waals surface area contributed by atoms with Crippen molar-refractivity contribution in [2.75, 3.05) is 0 Å². The summed E-state index contributed by atoms with van der Waals surface area (Å²) in [7, 11) is 0. The lowest BCUT2D eigenvalue weighted by molar-refractivity contribution is 0.0960. The zero-order chi connectivity index (χ0) is 17.4. The van der Waals surface area contributed by atoms with Crippen molar-refractivity contribution in [3.05, 3.63) is 53.5 Å². The molecule has 25 heavy (non-hydrogen) atoms. The molecule has 1 aliphatic rings. The number of hydrogen-bond donors (Lipinski definition) is 2. The molecule has 2 aromatic heterocycles. The number of primary amides is 1. The SMILES string of the molecule is NC(=O)c1onc(-c2ccccc2)c1[C@H]1C[C@@H](n2cc(CO)nn2)C1. The Morgan fingerprint density at radius 3 is 2.72 bits per heavy atom. The third-order valence-corrected chi connectivity index (χ3v) is 4.61. The van der Waals surface area contributed by atoms with Gasteiger partial charge in [0, 0.05) is 11.1 Å². The molecule has 8 nitrogen and oxygen atoms in total. The summed E-state index contributed by atoms with van der Waals surface area (Å²) in [4.78, 5) is 11.7. The summed E-state index contributed by atoms with van der Waals surface area (Å²) in [6.45, 7) is -0.133. The van der Waals surface area contributed by atoms with Gasteiger partial charge in [0.1, 0.15) is 11.4 Å². The first-order valence-corrected chi connectivity index (χ1v) is 8.03. The minimum atomic E-state index is -0.614. The van der Waals surface area contributed by atoms with Gasteiger partial charge < -0.3 is 15.4 Å². The first kappa shape index (κ1) is 15.5. The summed E-state index contributed by atoms with van der Waals surface area (Å²) >= 11 is 0. The third kappa shape index (κ3) is 2.70. The van der Waals surface area contributed by atoms with Crippen LogP contribution in [0.2, 0.25) is 0 Å². The highest BCUT2D eigenvalue weighted by molar-refractivity contribution is 5.93. The van der Waals surface area contributed by atoms with Gasteiger partial charge in [0.15, 0.2) is 0 Å². The van der Waals surface area contributed by atoms with Crippen molar-refractivity contribution in [1.29, 1.82) is 0 Å². The summed E-state index contributed by atoms with van der Waals surface area (Å²) in [5.74, 6) is -0.385. The van der Waals surface area contributed by atoms with Crippen molar-refractivity contribution in [2.24, 2.45) is 5.73 Å². The Kier molecular flexibility index (Phi) is 3.81. The lowest BCUT2D eigenvalue weighted by Crippen LogP contribution is -2.27. The Labute approximate surface area is 143 Å². The molecule has 0 unspecified atom stereocenters. The molecule has 0 saturated heterocycles. The van der Waals surface area contributed by atoms with Crippen LogP contribution in [0.3, 0.4) is 0 Å². The lowest BCUT2D eigenvalue weighted by Gasteiger charge is -2.35. The van der Waals surface area contributed by atoms with Gasteiger partial charge in [0.25, 0.3) is 5.91 Å². The van der Waals surface area contributed by atoms with Crippen molar-refractivity contribution in [1.82, 2.24) is 20.2 Å². The minimum Gasteiger partial charge on any atom is -0.390 e. The average Bonchev–Trinajstić information content (AvgIpc) is 3.22. The molecule has 1 aromatic carbocycles. The van der Waals surface area contributed by atoms with E-state index in [2.05, 4.69) is 15.5 Å². The van der Waals surface area contributed by atoms with Crippen LogP contribution in [-0.4, -0.2) is 31.2 Å². The van der Waals surface area contributed by atoms with Crippen molar-refractivity contribution < 1.29 is 14.4 Å². The Bertz CT molecular complexity index is 896. The number of rotatable bonds is 5. The van der Waals surface area contributed by atoms with Crippen LogP contribution < -0.4 is 5.73 Å². The van der Waals surface area contributed by atoms with Crippen molar-refractivity contribution in [2.45, 2.75) is 31.4 Å². The molecule has 8 heteroatoms. The van der Waals surface area contributed by atoms with Crippen LogP contribution in [0.5, 0.6) is 0 Å². The molecule has 1 aliphatic carbocycles. The van der Waals surface area contributed by atoms with Crippen LogP contribution in [0.1, 0.15) is 46.6 Å². The highest BCUT2D eigenvalue weighted by Crippen LogP contribution is 2.48. The van der Waals surface area contributed by atoms with E-state index in [4.69, 9.17) is 15.4 Å². The fourth-order valence-electron chi connectivity index (χ4n) is 3.26. The van der Waals surface area contributed by atoms with Gasteiger partial charge in [0.2, 0.25) is 5.76 Å². The molecule has 1 fully saturated rings. The number of nitrogens with zero attached hydrogens (tertiary/aromatic N) is 4. The second-order valence-electron chi connectivity index (χ2n) is 6.17. The van der Waals surface area contributed by atoms with E-state index in [1.165, 1.54) is 0 Å². The molecular weight excluding hydrogens is 322 g/mol. The molecule has 0 radical (unpaired) electrons. The number of aromatic nitrogens is 4. The number of benzene rings is 1. The zero-order valence-corrected chi connectivity index (χ0v) is 13.4. The normalized spacial score (nSPS) is 19.6. The quantitative estimate of drug-likeness (QED) is 0.729. The Hall–Kier alpha value is -3.00. The third-order valence-electron chi connectivity index (χ3n) is 4.61. The molecule has 3 aromatic rings. The van der Waals surface area contributed by atoms with Gasteiger partial charge in [-0.3, -0.25) is 4.79 Å². The van der Waals surface area contributed by atoms with Gasteiger partial charge >= 0.3 is 0 Å². The average molecular weight is 339 g/mol. The number of aliphatic hydroxyl groups excluding tert-OH is 1. The maximum absolute atomic E-state index is 11.7. The molecule has 3 N–H and O–H groups in total. The summed E-state index contributed by atoms with van der Waals surface area (Å²) in [5, 5.41) is 21.1. The van der Waals surface area contributed by atoms with E-state index in [9.17, 15) is 4.79 Å². The molecule has 1 saturated carbocycles. The standard InChI is InChI=1S/C17H17N5O3/c18-17(24)16-14(15(20-25-16)10-4-2-1-3-5-10)11-6-13(7-11)22-8-12(9-23)19-21-22/h1-5,8,11,13,23H,6-7,9H2,(H2,18,24)/t11-,13+. The summed E-state index contributed by atoms with van der Waals surface area (Å²) in [6, 6.07) is 9.75. The van der Waals surface area contributed by atoms with E-state index < -0.39 is 5.91 Å². The van der Waals surface area contributed by atoms with Gasteiger partial charge in [-0.25, -0.2) is 4.68 Å². The molecular formula is C17H17N5O3. The van der Waals surface area contributed by atoms with Crippen LogP contribution in [0, 0.1) is 0 Å². The summed E-state index contributed by atoms with van der Waals surface area (Å²) < 4.78 is 6.99. The predicted molar refractivity (Wildman–Crippen MR) is 87.4 cm³/mol. The highest BCUT2D eigenvalue weighted by Gasteiger charge is 2.38. The molecule has 0 bridgehead atoms. The van der Waals surface area contributed by atoms with Crippen LogP contribution >= 0.6 is 0 Å². The van der Waals surface area contributed by atoms with Gasteiger partial charge in [-0.05, 0) is 18.8 Å². The van der Waals surface area contributed by atoms with E-state index in [0.29, 0.717) is 11.4 Å². The van der Waals surface area contributed by atoms with Gasteiger partial charge in [-0.1, -0.05) is 40.7 Å². The number of nitrogens with two attached hydrogens (primary N) is 1. The number of carbonyl (C=O) groups excluding carboxylic acids is 1. The van der Waals surface area contributed by atoms with Crippen LogP contribution in [0.25, 0.3) is 11.3 Å². The Balaban J connectivity index is 1.62. The lowest BCUT2D eigenvalue weighted by atomic mass is 9.74. The molecule has 0 aliphatic heterocycles. The van der Waals surface area contributed by atoms with E-state index in [1.807, 2.05) is 30.3 Å². The molecule has 2 heterocycles. The first-order chi connectivity index (χ1) is 12.2. The minimum absolute atomic E-state index is 0.107. The van der Waals surface area contributed by atoms with E-state index in [0.717, 1.165) is 24.0 Å². The summed E-state index contributed by atoms with van der Waals surface area (Å²) in [6.07, 6.45) is 3.28. The second-order valence-corrected chi connectivity index (χ2v) is 6.17. The smallest absolute Gasteiger partial charge is 0.287 e. The van der Waals surface area contributed by atoms with Crippen molar-refractivity contribution >= 4 is 5.91 Å². The predicted octanol–water partition coefficient (Wildman–Crippen LogP) is 1.64. The van der Waals surface area contributed by atoms with Crippen LogP contribution in [0.15, 0.2) is 41.1 Å². The van der Waals surface area contributed by atoms with Crippen LogP contribution in [-0.2, 0) is 6.61 Å². The Morgan fingerprint density at radius 2 is 2.08 bits per heavy atom. The van der Waals surface area contributed by atoms with E-state index in [1.54, 1.807) is 10.9 Å². The zero-order valence-electron chi connectivity index (χ0n) is 13.4. The van der Waals surface area contributed by atoms with Crippen molar-refractivity contribution in [3.63, 3.8) is 0 Å². The fraction of sp³-hybridized carbons (Fsp3) is 0.294. The molecule has 0 atom stereocenters. The van der Waals surface area contributed by atoms with Crippen LogP contribution in [0.4, 0.5) is 0 Å². The van der Waals surface area contributed by atoms with Gasteiger partial charge in [-0.2, -0.15) is 0 Å². The van der Waals surface area contributed by atoms with Gasteiger partial charge in [-0.15, -0.1) is 5.10 Å². The van der Waals surface area contributed by atoms with Crippen molar-refractivity contribution in [3.8, 4) is 11.3 Å². The second kappa shape index (κ2) is 6.14. The highest BCUT2D eigenvalue weighted by atomic mass is 16.5.